The highest BCUT2D eigenvalue weighted by Crippen LogP contribution is 2.23. The van der Waals surface area contributed by atoms with Gasteiger partial charge in [0.15, 0.2) is 0 Å². The Kier molecular flexibility index (Phi) is 1.24. The van der Waals surface area contributed by atoms with Crippen LogP contribution in [0.1, 0.15) is 6.92 Å². The van der Waals surface area contributed by atoms with Gasteiger partial charge in [0.2, 0.25) is 0 Å². The van der Waals surface area contributed by atoms with Crippen molar-refractivity contribution < 1.29 is 9.84 Å². The van der Waals surface area contributed by atoms with Crippen LogP contribution >= 0.6 is 0 Å². The van der Waals surface area contributed by atoms with Crippen LogP contribution in [0.5, 0.6) is 0 Å². The molecule has 2 nitrogen and oxygen atoms in total. The Bertz CT molecular complexity index is 123. The van der Waals surface area contributed by atoms with Crippen LogP contribution in [0, 0.1) is 12.3 Å². The molecular weight excluding hydrogens is 104 g/mol. The maximum Gasteiger partial charge on any atom is 0.147 e. The normalized spacial score (nSPS) is 38.1. The smallest absolute Gasteiger partial charge is 0.147 e. The van der Waals surface area contributed by atoms with Crippen molar-refractivity contribution in [3.63, 3.8) is 0 Å². The third-order valence-corrected chi connectivity index (χ3v) is 1.17. The molecule has 1 fully saturated rings. The van der Waals surface area contributed by atoms with Crippen molar-refractivity contribution in [3.8, 4) is 12.3 Å². The van der Waals surface area contributed by atoms with E-state index in [9.17, 15) is 0 Å². The number of epoxide rings is 1. The Morgan fingerprint density at radius 3 is 2.62 bits per heavy atom. The Balaban J connectivity index is 2.29. The standard InChI is InChI=1S/C6H8O2/c1-3-5-6(8-5)4(2)7/h1,4-7H,2H3. The molecule has 2 heteroatoms. The quantitative estimate of drug-likeness (QED) is 0.375. The van der Waals surface area contributed by atoms with E-state index in [4.69, 9.17) is 16.3 Å². The number of aliphatic hydroxyl groups excluding tert-OH is 1. The Hall–Kier alpha value is -0.520. The zero-order valence-electron chi connectivity index (χ0n) is 4.66. The lowest BCUT2D eigenvalue weighted by Crippen LogP contribution is -2.10. The maximum atomic E-state index is 8.77. The SMILES string of the molecule is C#CC1OC1C(C)O. The minimum atomic E-state index is -0.420. The van der Waals surface area contributed by atoms with E-state index >= 15 is 0 Å². The van der Waals surface area contributed by atoms with Crippen LogP contribution < -0.4 is 0 Å². The van der Waals surface area contributed by atoms with Crippen molar-refractivity contribution in [1.82, 2.24) is 0 Å². The van der Waals surface area contributed by atoms with Gasteiger partial charge in [-0.05, 0) is 6.92 Å². The zero-order valence-corrected chi connectivity index (χ0v) is 4.66. The monoisotopic (exact) mass is 112 g/mol. The van der Waals surface area contributed by atoms with Crippen molar-refractivity contribution in [2.45, 2.75) is 25.2 Å². The molecule has 1 aliphatic rings. The van der Waals surface area contributed by atoms with Gasteiger partial charge >= 0.3 is 0 Å². The third-order valence-electron chi connectivity index (χ3n) is 1.17. The van der Waals surface area contributed by atoms with E-state index in [1.807, 2.05) is 0 Å². The molecule has 44 valence electrons. The largest absolute Gasteiger partial charge is 0.391 e. The minimum absolute atomic E-state index is 0.0972. The third kappa shape index (κ3) is 0.835. The number of hydrogen-bond donors (Lipinski definition) is 1. The summed E-state index contributed by atoms with van der Waals surface area (Å²) in [6, 6.07) is 0. The topological polar surface area (TPSA) is 32.8 Å². The van der Waals surface area contributed by atoms with E-state index in [2.05, 4.69) is 5.92 Å². The van der Waals surface area contributed by atoms with Gasteiger partial charge in [-0.3, -0.25) is 0 Å². The Labute approximate surface area is 48.5 Å². The molecule has 1 heterocycles. The van der Waals surface area contributed by atoms with E-state index in [-0.39, 0.29) is 12.2 Å². The predicted octanol–water partition coefficient (Wildman–Crippen LogP) is -0.232. The van der Waals surface area contributed by atoms with Gasteiger partial charge in [0.1, 0.15) is 12.2 Å². The molecule has 0 spiro atoms. The van der Waals surface area contributed by atoms with Crippen LogP contribution in [0.3, 0.4) is 0 Å². The summed E-state index contributed by atoms with van der Waals surface area (Å²) >= 11 is 0. The summed E-state index contributed by atoms with van der Waals surface area (Å²) in [5.74, 6) is 2.39. The summed E-state index contributed by atoms with van der Waals surface area (Å²) in [4.78, 5) is 0. The molecule has 3 atom stereocenters. The first-order valence-corrected chi connectivity index (χ1v) is 2.55. The second-order valence-electron chi connectivity index (χ2n) is 1.93. The van der Waals surface area contributed by atoms with Crippen molar-refractivity contribution in [3.05, 3.63) is 0 Å². The molecule has 0 amide bonds. The predicted molar refractivity (Wildman–Crippen MR) is 29.2 cm³/mol. The fourth-order valence-corrected chi connectivity index (χ4v) is 0.625. The Morgan fingerprint density at radius 2 is 2.50 bits per heavy atom. The van der Waals surface area contributed by atoms with Crippen LogP contribution in [0.2, 0.25) is 0 Å². The van der Waals surface area contributed by atoms with Crippen molar-refractivity contribution >= 4 is 0 Å². The molecule has 8 heavy (non-hydrogen) atoms. The molecular formula is C6H8O2. The number of rotatable bonds is 1. The van der Waals surface area contributed by atoms with Crippen LogP contribution in [-0.4, -0.2) is 23.4 Å². The van der Waals surface area contributed by atoms with Crippen molar-refractivity contribution in [1.29, 1.82) is 0 Å². The van der Waals surface area contributed by atoms with Gasteiger partial charge in [-0.2, -0.15) is 0 Å². The molecule has 0 aliphatic carbocycles. The highest BCUT2D eigenvalue weighted by molar-refractivity contribution is 5.09. The fourth-order valence-electron chi connectivity index (χ4n) is 0.625. The summed E-state index contributed by atoms with van der Waals surface area (Å²) < 4.78 is 4.84. The molecule has 0 saturated carbocycles. The first-order chi connectivity index (χ1) is 3.75. The lowest BCUT2D eigenvalue weighted by atomic mass is 10.2. The van der Waals surface area contributed by atoms with Crippen molar-refractivity contribution in [2.75, 3.05) is 0 Å². The van der Waals surface area contributed by atoms with Gasteiger partial charge in [-0.15, -0.1) is 6.42 Å². The zero-order chi connectivity index (χ0) is 6.15. The highest BCUT2D eigenvalue weighted by atomic mass is 16.6. The molecule has 1 rings (SSSR count). The molecule has 0 aromatic rings. The second-order valence-corrected chi connectivity index (χ2v) is 1.93. The maximum absolute atomic E-state index is 8.77. The first kappa shape index (κ1) is 5.61. The van der Waals surface area contributed by atoms with Gasteiger partial charge < -0.3 is 9.84 Å². The van der Waals surface area contributed by atoms with E-state index < -0.39 is 6.10 Å². The lowest BCUT2D eigenvalue weighted by molar-refractivity contribution is 0.153. The fraction of sp³-hybridized carbons (Fsp3) is 0.667. The van der Waals surface area contributed by atoms with Gasteiger partial charge in [-0.25, -0.2) is 0 Å². The van der Waals surface area contributed by atoms with Crippen molar-refractivity contribution in [2.24, 2.45) is 0 Å². The Morgan fingerprint density at radius 1 is 1.88 bits per heavy atom. The molecule has 0 bridgehead atoms. The van der Waals surface area contributed by atoms with E-state index in [1.165, 1.54) is 0 Å². The summed E-state index contributed by atoms with van der Waals surface area (Å²) in [7, 11) is 0. The molecule has 0 radical (unpaired) electrons. The van der Waals surface area contributed by atoms with Gasteiger partial charge in [0, 0.05) is 0 Å². The number of hydrogen-bond acceptors (Lipinski definition) is 2. The van der Waals surface area contributed by atoms with E-state index in [0.717, 1.165) is 0 Å². The molecule has 3 unspecified atom stereocenters. The van der Waals surface area contributed by atoms with Crippen LogP contribution in [0.25, 0.3) is 0 Å². The summed E-state index contributed by atoms with van der Waals surface area (Å²) in [5.41, 5.74) is 0. The minimum Gasteiger partial charge on any atom is -0.391 e. The average Bonchev–Trinajstić information content (AvgIpc) is 2.42. The summed E-state index contributed by atoms with van der Waals surface area (Å²) in [6.07, 6.45) is 4.33. The molecule has 1 N–H and O–H groups in total. The molecule has 1 saturated heterocycles. The number of ether oxygens (including phenoxy) is 1. The van der Waals surface area contributed by atoms with Crippen LogP contribution in [0.4, 0.5) is 0 Å². The van der Waals surface area contributed by atoms with Gasteiger partial charge in [0.25, 0.3) is 0 Å². The van der Waals surface area contributed by atoms with Gasteiger partial charge in [0.05, 0.1) is 6.10 Å². The van der Waals surface area contributed by atoms with E-state index in [1.54, 1.807) is 6.92 Å². The summed E-state index contributed by atoms with van der Waals surface area (Å²) in [5, 5.41) is 8.77. The second kappa shape index (κ2) is 1.77. The van der Waals surface area contributed by atoms with Gasteiger partial charge in [-0.1, -0.05) is 5.92 Å². The highest BCUT2D eigenvalue weighted by Gasteiger charge is 2.40. The molecule has 0 aromatic heterocycles. The average molecular weight is 112 g/mol. The van der Waals surface area contributed by atoms with E-state index in [0.29, 0.717) is 0 Å². The summed E-state index contributed by atoms with van der Waals surface area (Å²) in [6.45, 7) is 1.67. The van der Waals surface area contributed by atoms with Crippen LogP contribution in [0.15, 0.2) is 0 Å². The first-order valence-electron chi connectivity index (χ1n) is 2.55. The molecule has 1 aliphatic heterocycles. The van der Waals surface area contributed by atoms with Crippen LogP contribution in [-0.2, 0) is 4.74 Å². The number of aliphatic hydroxyl groups is 1. The lowest BCUT2D eigenvalue weighted by Gasteiger charge is -1.91. The molecule has 0 aromatic carbocycles. The number of terminal acetylenes is 1.